The third-order valence-electron chi connectivity index (χ3n) is 10.0. The number of benzene rings is 7. The van der Waals surface area contributed by atoms with Crippen molar-refractivity contribution in [3.8, 4) is 45.3 Å². The second kappa shape index (κ2) is 11.2. The molecule has 0 atom stereocenters. The van der Waals surface area contributed by atoms with Crippen molar-refractivity contribution in [3.63, 3.8) is 0 Å². The Hall–Kier alpha value is -7.18. The first-order chi connectivity index (χ1) is 25.8. The van der Waals surface area contributed by atoms with E-state index in [1.807, 2.05) is 54.7 Å². The molecule has 0 fully saturated rings. The number of nitrogens with zero attached hydrogens (tertiary/aromatic N) is 4. The molecule has 0 bridgehead atoms. The van der Waals surface area contributed by atoms with E-state index in [9.17, 15) is 0 Å². The van der Waals surface area contributed by atoms with Crippen LogP contribution in [0.5, 0.6) is 0 Å². The van der Waals surface area contributed by atoms with Crippen LogP contribution in [0.3, 0.4) is 0 Å². The van der Waals surface area contributed by atoms with E-state index in [1.54, 1.807) is 6.20 Å². The molecule has 0 aliphatic carbocycles. The molecule has 52 heavy (non-hydrogen) atoms. The average molecular weight is 667 g/mol. The second-order valence-electron chi connectivity index (χ2n) is 13.0. The Morgan fingerprint density at radius 2 is 0.962 bits per heavy atom. The SMILES string of the molecule is c1ccc2cc(-c3nc(-c4ccc(-c5cccc6oc7ccncc7c56)c5ccccc45)nc(-c4cccc5oc6ccccc6c45)n3)ccc2c1. The second-order valence-corrected chi connectivity index (χ2v) is 13.0. The fraction of sp³-hybridized carbons (Fsp3) is 0. The predicted octanol–water partition coefficient (Wildman–Crippen LogP) is 12.0. The summed E-state index contributed by atoms with van der Waals surface area (Å²) >= 11 is 0. The summed E-state index contributed by atoms with van der Waals surface area (Å²) in [4.78, 5) is 20.0. The summed E-state index contributed by atoms with van der Waals surface area (Å²) < 4.78 is 12.5. The van der Waals surface area contributed by atoms with Gasteiger partial charge in [0, 0.05) is 50.6 Å². The molecule has 0 saturated heterocycles. The van der Waals surface area contributed by atoms with Crippen LogP contribution in [-0.4, -0.2) is 19.9 Å². The molecule has 0 N–H and O–H groups in total. The highest BCUT2D eigenvalue weighted by molar-refractivity contribution is 6.16. The van der Waals surface area contributed by atoms with E-state index < -0.39 is 0 Å². The van der Waals surface area contributed by atoms with Crippen LogP contribution in [0.15, 0.2) is 167 Å². The van der Waals surface area contributed by atoms with Gasteiger partial charge in [-0.15, -0.1) is 0 Å². The van der Waals surface area contributed by atoms with Gasteiger partial charge in [-0.2, -0.15) is 0 Å². The Kier molecular flexibility index (Phi) is 6.15. The van der Waals surface area contributed by atoms with Crippen LogP contribution in [0, 0.1) is 0 Å². The lowest BCUT2D eigenvalue weighted by Gasteiger charge is -2.14. The van der Waals surface area contributed by atoms with Crippen LogP contribution in [-0.2, 0) is 0 Å². The van der Waals surface area contributed by atoms with Crippen LogP contribution in [0.25, 0.3) is 111 Å². The lowest BCUT2D eigenvalue weighted by molar-refractivity contribution is 0.668. The summed E-state index contributed by atoms with van der Waals surface area (Å²) in [6, 6.07) is 49.8. The highest BCUT2D eigenvalue weighted by Gasteiger charge is 2.21. The van der Waals surface area contributed by atoms with Crippen molar-refractivity contribution in [1.82, 2.24) is 19.9 Å². The molecule has 6 heteroatoms. The summed E-state index contributed by atoms with van der Waals surface area (Å²) in [5, 5.41) is 8.45. The molecule has 0 aliphatic heterocycles. The first kappa shape index (κ1) is 28.6. The first-order valence-corrected chi connectivity index (χ1v) is 17.2. The van der Waals surface area contributed by atoms with E-state index in [0.29, 0.717) is 17.5 Å². The molecule has 11 rings (SSSR count). The zero-order valence-electron chi connectivity index (χ0n) is 27.6. The van der Waals surface area contributed by atoms with E-state index >= 15 is 0 Å². The van der Waals surface area contributed by atoms with E-state index in [4.69, 9.17) is 23.8 Å². The van der Waals surface area contributed by atoms with Crippen LogP contribution >= 0.6 is 0 Å². The normalized spacial score (nSPS) is 11.8. The maximum absolute atomic E-state index is 6.28. The van der Waals surface area contributed by atoms with Gasteiger partial charge in [0.25, 0.3) is 0 Å². The van der Waals surface area contributed by atoms with Gasteiger partial charge in [0.15, 0.2) is 17.5 Å². The van der Waals surface area contributed by atoms with E-state index in [0.717, 1.165) is 93.2 Å². The number of hydrogen-bond donors (Lipinski definition) is 0. The fourth-order valence-electron chi connectivity index (χ4n) is 7.66. The number of para-hydroxylation sites is 1. The zero-order valence-corrected chi connectivity index (χ0v) is 27.6. The molecule has 11 aromatic rings. The monoisotopic (exact) mass is 666 g/mol. The minimum atomic E-state index is 0.584. The van der Waals surface area contributed by atoms with Crippen molar-refractivity contribution in [2.75, 3.05) is 0 Å². The van der Waals surface area contributed by atoms with Gasteiger partial charge >= 0.3 is 0 Å². The molecule has 7 aromatic carbocycles. The van der Waals surface area contributed by atoms with Crippen LogP contribution in [0.1, 0.15) is 0 Å². The van der Waals surface area contributed by atoms with Gasteiger partial charge < -0.3 is 8.83 Å². The molecule has 0 spiro atoms. The van der Waals surface area contributed by atoms with Gasteiger partial charge in [-0.3, -0.25) is 4.98 Å². The maximum atomic E-state index is 6.28. The summed E-state index contributed by atoms with van der Waals surface area (Å²) in [7, 11) is 0. The number of pyridine rings is 1. The maximum Gasteiger partial charge on any atom is 0.164 e. The largest absolute Gasteiger partial charge is 0.456 e. The van der Waals surface area contributed by atoms with Gasteiger partial charge in [-0.05, 0) is 69.1 Å². The number of aromatic nitrogens is 4. The molecular formula is C46H26N4O2. The summed E-state index contributed by atoms with van der Waals surface area (Å²) in [5.74, 6) is 1.78. The van der Waals surface area contributed by atoms with Gasteiger partial charge in [-0.25, -0.2) is 15.0 Å². The summed E-state index contributed by atoms with van der Waals surface area (Å²) in [6.07, 6.45) is 3.64. The molecule has 0 aliphatic rings. The van der Waals surface area contributed by atoms with Gasteiger partial charge in [0.05, 0.1) is 0 Å². The zero-order chi connectivity index (χ0) is 34.2. The molecule has 0 saturated carbocycles. The number of furan rings is 2. The number of rotatable bonds is 4. The van der Waals surface area contributed by atoms with E-state index in [-0.39, 0.29) is 0 Å². The summed E-state index contributed by atoms with van der Waals surface area (Å²) in [6.45, 7) is 0. The standard InChI is InChI=1S/C46H26N4O2/c1-2-10-28-25-29(20-19-27(28)9-1)44-48-45(50-46(49-44)36-15-8-18-41-43(36)35-13-5-6-16-38(35)51-41)34-22-21-32(30-11-3-4-12-31(30)34)33-14-7-17-40-42(33)37-26-47-24-23-39(37)52-40/h1-26H. The van der Waals surface area contributed by atoms with Gasteiger partial charge in [-0.1, -0.05) is 109 Å². The Morgan fingerprint density at radius 3 is 1.79 bits per heavy atom. The molecule has 0 radical (unpaired) electrons. The van der Waals surface area contributed by atoms with Crippen LogP contribution < -0.4 is 0 Å². The highest BCUT2D eigenvalue weighted by Crippen LogP contribution is 2.42. The van der Waals surface area contributed by atoms with Gasteiger partial charge in [0.2, 0.25) is 0 Å². The Morgan fingerprint density at radius 1 is 0.365 bits per heavy atom. The van der Waals surface area contributed by atoms with Crippen LogP contribution in [0.2, 0.25) is 0 Å². The van der Waals surface area contributed by atoms with Crippen molar-refractivity contribution in [2.24, 2.45) is 0 Å². The minimum Gasteiger partial charge on any atom is -0.456 e. The topological polar surface area (TPSA) is 77.8 Å². The third kappa shape index (κ3) is 4.38. The highest BCUT2D eigenvalue weighted by atomic mass is 16.3. The minimum absolute atomic E-state index is 0.584. The van der Waals surface area contributed by atoms with E-state index in [2.05, 4.69) is 102 Å². The Bertz CT molecular complexity index is 3210. The molecule has 0 amide bonds. The van der Waals surface area contributed by atoms with Gasteiger partial charge in [0.1, 0.15) is 22.3 Å². The van der Waals surface area contributed by atoms with Crippen LogP contribution in [0.4, 0.5) is 0 Å². The van der Waals surface area contributed by atoms with Crippen molar-refractivity contribution in [2.45, 2.75) is 0 Å². The molecule has 242 valence electrons. The Balaban J connectivity index is 1.17. The average Bonchev–Trinajstić information content (AvgIpc) is 3.79. The quantitative estimate of drug-likeness (QED) is 0.186. The lowest BCUT2D eigenvalue weighted by Crippen LogP contribution is -2.01. The van der Waals surface area contributed by atoms with Crippen molar-refractivity contribution < 1.29 is 8.83 Å². The number of fused-ring (bicyclic) bond motifs is 8. The Labute approximate surface area is 296 Å². The molecule has 0 unspecified atom stereocenters. The summed E-state index contributed by atoms with van der Waals surface area (Å²) in [5.41, 5.74) is 8.16. The van der Waals surface area contributed by atoms with Crippen molar-refractivity contribution in [1.29, 1.82) is 0 Å². The van der Waals surface area contributed by atoms with Crippen molar-refractivity contribution >= 4 is 65.4 Å². The molecular weight excluding hydrogens is 641 g/mol. The van der Waals surface area contributed by atoms with E-state index in [1.165, 1.54) is 0 Å². The predicted molar refractivity (Wildman–Crippen MR) is 209 cm³/mol. The van der Waals surface area contributed by atoms with Crippen molar-refractivity contribution in [3.05, 3.63) is 158 Å². The number of hydrogen-bond acceptors (Lipinski definition) is 6. The lowest BCUT2D eigenvalue weighted by atomic mass is 9.92. The molecule has 4 heterocycles. The third-order valence-corrected chi connectivity index (χ3v) is 10.0. The molecule has 6 nitrogen and oxygen atoms in total. The molecule has 4 aromatic heterocycles. The smallest absolute Gasteiger partial charge is 0.164 e. The first-order valence-electron chi connectivity index (χ1n) is 17.2. The fourth-order valence-corrected chi connectivity index (χ4v) is 7.66.